The first kappa shape index (κ1) is 11.3. The second-order valence-electron chi connectivity index (χ2n) is 4.09. The van der Waals surface area contributed by atoms with E-state index in [2.05, 4.69) is 0 Å². The van der Waals surface area contributed by atoms with Crippen LogP contribution in [-0.4, -0.2) is 11.3 Å². The molecule has 1 aliphatic heterocycles. The molecule has 2 aromatic rings. The van der Waals surface area contributed by atoms with Crippen molar-refractivity contribution in [3.05, 3.63) is 54.1 Å². The molecule has 0 N–H and O–H groups in total. The van der Waals surface area contributed by atoms with E-state index in [1.54, 1.807) is 7.11 Å². The van der Waals surface area contributed by atoms with E-state index in [0.717, 1.165) is 21.9 Å². The minimum absolute atomic E-state index is 0.677. The lowest BCUT2D eigenvalue weighted by molar-refractivity contribution is 0.415. The smallest absolute Gasteiger partial charge is 0.153 e. The predicted octanol–water partition coefficient (Wildman–Crippen LogP) is 2.74. The first-order valence-corrected chi connectivity index (χ1v) is 6.81. The topological polar surface area (TPSA) is 29.5 Å². The Morgan fingerprint density at radius 1 is 1.17 bits per heavy atom. The highest BCUT2D eigenvalue weighted by molar-refractivity contribution is 7.86. The number of anilines is 1. The van der Waals surface area contributed by atoms with Crippen LogP contribution in [0.4, 0.5) is 5.69 Å². The normalized spacial score (nSPS) is 17.6. The molecular formula is C14H13NO2S. The molecule has 1 aliphatic rings. The van der Waals surface area contributed by atoms with Gasteiger partial charge in [-0.3, -0.25) is 4.31 Å². The van der Waals surface area contributed by atoms with Gasteiger partial charge >= 0.3 is 0 Å². The fraction of sp³-hybridized carbons (Fsp3) is 0.143. The van der Waals surface area contributed by atoms with Gasteiger partial charge < -0.3 is 4.74 Å². The van der Waals surface area contributed by atoms with Crippen LogP contribution in [0.1, 0.15) is 5.56 Å². The molecule has 0 aromatic heterocycles. The van der Waals surface area contributed by atoms with E-state index in [-0.39, 0.29) is 0 Å². The highest BCUT2D eigenvalue weighted by atomic mass is 32.2. The highest BCUT2D eigenvalue weighted by Crippen LogP contribution is 2.32. The summed E-state index contributed by atoms with van der Waals surface area (Å²) in [5, 5.41) is 0. The number of ether oxygens (including phenoxy) is 1. The van der Waals surface area contributed by atoms with Crippen LogP contribution in [0, 0.1) is 0 Å². The Morgan fingerprint density at radius 2 is 2.00 bits per heavy atom. The van der Waals surface area contributed by atoms with E-state index in [1.807, 2.05) is 52.8 Å². The first-order chi connectivity index (χ1) is 8.79. The molecule has 18 heavy (non-hydrogen) atoms. The van der Waals surface area contributed by atoms with E-state index in [0.29, 0.717) is 6.54 Å². The van der Waals surface area contributed by atoms with Crippen molar-refractivity contribution in [1.29, 1.82) is 0 Å². The summed E-state index contributed by atoms with van der Waals surface area (Å²) in [7, 11) is 0.515. The Labute approximate surface area is 109 Å². The van der Waals surface area contributed by atoms with Crippen molar-refractivity contribution in [2.75, 3.05) is 11.4 Å². The van der Waals surface area contributed by atoms with Gasteiger partial charge in [-0.1, -0.05) is 24.3 Å². The molecule has 1 heterocycles. The lowest BCUT2D eigenvalue weighted by Crippen LogP contribution is -2.17. The molecule has 0 bridgehead atoms. The van der Waals surface area contributed by atoms with Crippen LogP contribution in [0.3, 0.4) is 0 Å². The van der Waals surface area contributed by atoms with E-state index < -0.39 is 11.0 Å². The molecular weight excluding hydrogens is 246 g/mol. The molecule has 0 aliphatic carbocycles. The Morgan fingerprint density at radius 3 is 2.78 bits per heavy atom. The van der Waals surface area contributed by atoms with Crippen molar-refractivity contribution >= 4 is 16.7 Å². The average Bonchev–Trinajstić information content (AvgIpc) is 2.77. The zero-order valence-corrected chi connectivity index (χ0v) is 10.8. The number of hydrogen-bond donors (Lipinski definition) is 0. The van der Waals surface area contributed by atoms with Gasteiger partial charge in [-0.05, 0) is 23.8 Å². The number of methoxy groups -OCH3 is 1. The molecule has 3 rings (SSSR count). The summed E-state index contributed by atoms with van der Waals surface area (Å²) in [6, 6.07) is 15.5. The summed E-state index contributed by atoms with van der Waals surface area (Å²) in [5.74, 6) is 0.778. The van der Waals surface area contributed by atoms with Crippen molar-refractivity contribution in [3.8, 4) is 5.75 Å². The first-order valence-electron chi connectivity index (χ1n) is 5.71. The number of nitrogens with zero attached hydrogens (tertiary/aromatic N) is 1. The third-order valence-electron chi connectivity index (χ3n) is 3.02. The molecule has 0 spiro atoms. The second-order valence-corrected chi connectivity index (χ2v) is 5.47. The number of fused-ring (bicyclic) bond motifs is 1. The van der Waals surface area contributed by atoms with Crippen molar-refractivity contribution in [2.24, 2.45) is 0 Å². The molecule has 4 heteroatoms. The van der Waals surface area contributed by atoms with Gasteiger partial charge in [-0.25, -0.2) is 4.21 Å². The molecule has 3 nitrogen and oxygen atoms in total. The van der Waals surface area contributed by atoms with E-state index >= 15 is 0 Å². The molecule has 0 saturated heterocycles. The monoisotopic (exact) mass is 259 g/mol. The summed E-state index contributed by atoms with van der Waals surface area (Å²) in [4.78, 5) is 0.903. The number of hydrogen-bond acceptors (Lipinski definition) is 2. The number of benzene rings is 2. The van der Waals surface area contributed by atoms with Crippen molar-refractivity contribution in [3.63, 3.8) is 0 Å². The van der Waals surface area contributed by atoms with Gasteiger partial charge in [0.2, 0.25) is 0 Å². The molecule has 0 amide bonds. The molecule has 2 aromatic carbocycles. The lowest BCUT2D eigenvalue weighted by Gasteiger charge is -2.16. The standard InChI is InChI=1S/C14H13NO2S/c1-17-13-7-4-6-12(9-13)15-10-11-5-2-3-8-14(11)18(15)16/h2-9H,10H2,1H3. The van der Waals surface area contributed by atoms with Crippen molar-refractivity contribution in [2.45, 2.75) is 11.4 Å². The van der Waals surface area contributed by atoms with E-state index in [4.69, 9.17) is 4.74 Å². The fourth-order valence-corrected chi connectivity index (χ4v) is 3.44. The van der Waals surface area contributed by atoms with Gasteiger partial charge in [0, 0.05) is 6.07 Å². The Hall–Kier alpha value is -1.81. The maximum atomic E-state index is 12.4. The minimum Gasteiger partial charge on any atom is -0.497 e. The number of rotatable bonds is 2. The molecule has 0 fully saturated rings. The van der Waals surface area contributed by atoms with Gasteiger partial charge in [0.1, 0.15) is 5.75 Å². The van der Waals surface area contributed by atoms with Crippen LogP contribution in [0.15, 0.2) is 53.4 Å². The average molecular weight is 259 g/mol. The van der Waals surface area contributed by atoms with E-state index in [1.165, 1.54) is 0 Å². The van der Waals surface area contributed by atoms with Crippen molar-refractivity contribution < 1.29 is 8.95 Å². The summed E-state index contributed by atoms with van der Waals surface area (Å²) < 4.78 is 19.5. The van der Waals surface area contributed by atoms with Gasteiger partial charge in [-0.2, -0.15) is 0 Å². The molecule has 0 radical (unpaired) electrons. The zero-order chi connectivity index (χ0) is 12.5. The van der Waals surface area contributed by atoms with Gasteiger partial charge in [0.05, 0.1) is 24.2 Å². The Kier molecular flexibility index (Phi) is 2.80. The largest absolute Gasteiger partial charge is 0.497 e. The molecule has 92 valence electrons. The minimum atomic E-state index is -1.12. The van der Waals surface area contributed by atoms with Gasteiger partial charge in [0.15, 0.2) is 11.0 Å². The fourth-order valence-electron chi connectivity index (χ4n) is 2.09. The van der Waals surface area contributed by atoms with Crippen LogP contribution in [0.2, 0.25) is 0 Å². The predicted molar refractivity (Wildman–Crippen MR) is 72.0 cm³/mol. The van der Waals surface area contributed by atoms with E-state index in [9.17, 15) is 4.21 Å². The summed E-state index contributed by atoms with van der Waals surface area (Å²) in [5.41, 5.74) is 2.04. The van der Waals surface area contributed by atoms with Gasteiger partial charge in [-0.15, -0.1) is 0 Å². The van der Waals surface area contributed by atoms with Crippen LogP contribution >= 0.6 is 0 Å². The van der Waals surface area contributed by atoms with Crippen LogP contribution in [0.5, 0.6) is 5.75 Å². The molecule has 0 saturated carbocycles. The second kappa shape index (κ2) is 4.46. The summed E-state index contributed by atoms with van der Waals surface area (Å²) in [6.45, 7) is 0.677. The Balaban J connectivity index is 1.98. The third kappa shape index (κ3) is 1.78. The molecule has 1 unspecified atom stereocenters. The maximum absolute atomic E-state index is 12.4. The van der Waals surface area contributed by atoms with Crippen LogP contribution < -0.4 is 9.04 Å². The van der Waals surface area contributed by atoms with Crippen LogP contribution in [-0.2, 0) is 17.5 Å². The molecule has 1 atom stereocenters. The maximum Gasteiger partial charge on any atom is 0.153 e. The quantitative estimate of drug-likeness (QED) is 0.830. The lowest BCUT2D eigenvalue weighted by atomic mass is 10.2. The van der Waals surface area contributed by atoms with Crippen LogP contribution in [0.25, 0.3) is 0 Å². The van der Waals surface area contributed by atoms with Crippen molar-refractivity contribution in [1.82, 2.24) is 0 Å². The third-order valence-corrected chi connectivity index (χ3v) is 4.53. The summed E-state index contributed by atoms with van der Waals surface area (Å²) >= 11 is 0. The zero-order valence-electron chi connectivity index (χ0n) is 10.00. The summed E-state index contributed by atoms with van der Waals surface area (Å²) in [6.07, 6.45) is 0. The Bertz CT molecular complexity index is 612. The van der Waals surface area contributed by atoms with Gasteiger partial charge in [0.25, 0.3) is 0 Å². The SMILES string of the molecule is COc1cccc(N2Cc3ccccc3S2=O)c1. The highest BCUT2D eigenvalue weighted by Gasteiger charge is 2.26.